The summed E-state index contributed by atoms with van der Waals surface area (Å²) in [5.41, 5.74) is 0.686. The van der Waals surface area contributed by atoms with Gasteiger partial charge in [-0.3, -0.25) is 0 Å². The zero-order chi connectivity index (χ0) is 13.8. The Morgan fingerprint density at radius 1 is 1.58 bits per heavy atom. The first-order valence-electron chi connectivity index (χ1n) is 6.75. The van der Waals surface area contributed by atoms with Crippen molar-refractivity contribution in [2.75, 3.05) is 24.6 Å². The van der Waals surface area contributed by atoms with Gasteiger partial charge in [-0.15, -0.1) is 0 Å². The van der Waals surface area contributed by atoms with Crippen LogP contribution in [0.25, 0.3) is 0 Å². The topological polar surface area (TPSA) is 62.7 Å². The van der Waals surface area contributed by atoms with E-state index in [9.17, 15) is 9.90 Å². The molecule has 1 aliphatic heterocycles. The quantitative estimate of drug-likeness (QED) is 0.920. The third kappa shape index (κ3) is 3.25. The zero-order valence-electron chi connectivity index (χ0n) is 11.4. The highest BCUT2D eigenvalue weighted by molar-refractivity contribution is 7.17. The minimum atomic E-state index is -0.876. The van der Waals surface area contributed by atoms with Crippen LogP contribution in [0.15, 0.2) is 0 Å². The SMILES string of the molecule is CCc1nc(N2CCCOC(CC)C2)sc1C(=O)O. The van der Waals surface area contributed by atoms with Crippen molar-refractivity contribution in [1.82, 2.24) is 4.98 Å². The van der Waals surface area contributed by atoms with Crippen molar-refractivity contribution in [2.24, 2.45) is 0 Å². The van der Waals surface area contributed by atoms with Gasteiger partial charge in [0, 0.05) is 19.7 Å². The molecular weight excluding hydrogens is 264 g/mol. The van der Waals surface area contributed by atoms with Crippen LogP contribution in [0.5, 0.6) is 0 Å². The van der Waals surface area contributed by atoms with Crippen molar-refractivity contribution in [3.05, 3.63) is 10.6 Å². The van der Waals surface area contributed by atoms with Gasteiger partial charge in [0.15, 0.2) is 5.13 Å². The molecule has 2 rings (SSSR count). The van der Waals surface area contributed by atoms with E-state index in [0.29, 0.717) is 17.0 Å². The standard InChI is InChI=1S/C13H20N2O3S/c1-3-9-8-15(6-5-7-18-9)13-14-10(4-2)11(19-13)12(16)17/h9H,3-8H2,1-2H3,(H,16,17). The first-order chi connectivity index (χ1) is 9.15. The van der Waals surface area contributed by atoms with Crippen LogP contribution < -0.4 is 4.90 Å². The highest BCUT2D eigenvalue weighted by Gasteiger charge is 2.23. The van der Waals surface area contributed by atoms with Gasteiger partial charge in [-0.1, -0.05) is 25.2 Å². The number of nitrogens with zero attached hydrogens (tertiary/aromatic N) is 2. The van der Waals surface area contributed by atoms with Crippen LogP contribution in [0, 0.1) is 0 Å². The third-order valence-electron chi connectivity index (χ3n) is 3.29. The van der Waals surface area contributed by atoms with Crippen molar-refractivity contribution in [3.63, 3.8) is 0 Å². The number of rotatable bonds is 4. The lowest BCUT2D eigenvalue weighted by molar-refractivity contribution is 0.0664. The van der Waals surface area contributed by atoms with Crippen molar-refractivity contribution < 1.29 is 14.6 Å². The summed E-state index contributed by atoms with van der Waals surface area (Å²) >= 11 is 1.28. The van der Waals surface area contributed by atoms with Gasteiger partial charge in [0.05, 0.1) is 11.8 Å². The minimum absolute atomic E-state index is 0.213. The van der Waals surface area contributed by atoms with E-state index in [4.69, 9.17) is 4.74 Å². The predicted molar refractivity (Wildman–Crippen MR) is 75.3 cm³/mol. The number of thiazole rings is 1. The second-order valence-electron chi connectivity index (χ2n) is 4.63. The second-order valence-corrected chi connectivity index (χ2v) is 5.61. The molecule has 0 aliphatic carbocycles. The minimum Gasteiger partial charge on any atom is -0.477 e. The smallest absolute Gasteiger partial charge is 0.347 e. The first-order valence-corrected chi connectivity index (χ1v) is 7.56. The van der Waals surface area contributed by atoms with Gasteiger partial charge in [-0.25, -0.2) is 9.78 Å². The Kier molecular flexibility index (Phi) is 4.76. The Balaban J connectivity index is 2.22. The fourth-order valence-corrected chi connectivity index (χ4v) is 3.23. The molecule has 106 valence electrons. The average molecular weight is 284 g/mol. The number of carboxylic acids is 1. The van der Waals surface area contributed by atoms with Crippen LogP contribution >= 0.6 is 11.3 Å². The Morgan fingerprint density at radius 3 is 2.95 bits per heavy atom. The molecule has 0 aromatic carbocycles. The summed E-state index contributed by atoms with van der Waals surface area (Å²) in [5, 5.41) is 10.0. The number of carbonyl (C=O) groups is 1. The molecule has 19 heavy (non-hydrogen) atoms. The summed E-state index contributed by atoms with van der Waals surface area (Å²) in [6, 6.07) is 0. The van der Waals surface area contributed by atoms with Crippen molar-refractivity contribution in [1.29, 1.82) is 0 Å². The van der Waals surface area contributed by atoms with E-state index in [0.717, 1.165) is 37.7 Å². The Hall–Kier alpha value is -1.14. The average Bonchev–Trinajstić information content (AvgIpc) is 2.70. The summed E-state index contributed by atoms with van der Waals surface area (Å²) in [5.74, 6) is -0.876. The van der Waals surface area contributed by atoms with Gasteiger partial charge >= 0.3 is 5.97 Å². The van der Waals surface area contributed by atoms with E-state index < -0.39 is 5.97 Å². The normalized spacial score (nSPS) is 20.3. The van der Waals surface area contributed by atoms with Crippen molar-refractivity contribution in [2.45, 2.75) is 39.2 Å². The van der Waals surface area contributed by atoms with Gasteiger partial charge in [-0.2, -0.15) is 0 Å². The Morgan fingerprint density at radius 2 is 2.37 bits per heavy atom. The maximum atomic E-state index is 11.2. The van der Waals surface area contributed by atoms with E-state index in [1.165, 1.54) is 11.3 Å². The molecular formula is C13H20N2O3S. The molecule has 1 saturated heterocycles. The maximum Gasteiger partial charge on any atom is 0.347 e. The Labute approximate surface area is 117 Å². The molecule has 1 unspecified atom stereocenters. The van der Waals surface area contributed by atoms with Crippen molar-refractivity contribution >= 4 is 22.4 Å². The second kappa shape index (κ2) is 6.34. The molecule has 0 radical (unpaired) electrons. The molecule has 0 saturated carbocycles. The van der Waals surface area contributed by atoms with E-state index in [1.807, 2.05) is 6.92 Å². The molecule has 1 atom stereocenters. The van der Waals surface area contributed by atoms with E-state index in [2.05, 4.69) is 16.8 Å². The lowest BCUT2D eigenvalue weighted by atomic mass is 10.2. The molecule has 1 aromatic heterocycles. The van der Waals surface area contributed by atoms with Crippen LogP contribution in [-0.4, -0.2) is 41.9 Å². The fraction of sp³-hybridized carbons (Fsp3) is 0.692. The van der Waals surface area contributed by atoms with Crippen LogP contribution in [0.4, 0.5) is 5.13 Å². The van der Waals surface area contributed by atoms with Gasteiger partial charge in [0.1, 0.15) is 4.88 Å². The molecule has 1 fully saturated rings. The lowest BCUT2D eigenvalue weighted by Gasteiger charge is -2.22. The lowest BCUT2D eigenvalue weighted by Crippen LogP contribution is -2.31. The van der Waals surface area contributed by atoms with Crippen LogP contribution in [0.1, 0.15) is 42.1 Å². The number of aryl methyl sites for hydroxylation is 1. The highest BCUT2D eigenvalue weighted by atomic mass is 32.1. The number of hydrogen-bond acceptors (Lipinski definition) is 5. The molecule has 5 nitrogen and oxygen atoms in total. The third-order valence-corrected chi connectivity index (χ3v) is 4.44. The largest absolute Gasteiger partial charge is 0.477 e. The maximum absolute atomic E-state index is 11.2. The van der Waals surface area contributed by atoms with E-state index in [-0.39, 0.29) is 6.10 Å². The van der Waals surface area contributed by atoms with Gasteiger partial charge < -0.3 is 14.7 Å². The predicted octanol–water partition coefficient (Wildman–Crippen LogP) is 2.41. The number of anilines is 1. The number of hydrogen-bond donors (Lipinski definition) is 1. The summed E-state index contributed by atoms with van der Waals surface area (Å²) in [7, 11) is 0. The van der Waals surface area contributed by atoms with Gasteiger partial charge in [0.25, 0.3) is 0 Å². The first kappa shape index (κ1) is 14.3. The zero-order valence-corrected chi connectivity index (χ0v) is 12.2. The highest BCUT2D eigenvalue weighted by Crippen LogP contribution is 2.28. The number of carboxylic acid groups (broad SMARTS) is 1. The molecule has 0 spiro atoms. The molecule has 2 heterocycles. The number of aromatic nitrogens is 1. The van der Waals surface area contributed by atoms with Gasteiger partial charge in [0.2, 0.25) is 0 Å². The van der Waals surface area contributed by atoms with Gasteiger partial charge in [-0.05, 0) is 19.3 Å². The van der Waals surface area contributed by atoms with E-state index >= 15 is 0 Å². The summed E-state index contributed by atoms with van der Waals surface area (Å²) in [4.78, 5) is 18.2. The molecule has 1 N–H and O–H groups in total. The molecule has 1 aromatic rings. The van der Waals surface area contributed by atoms with Crippen LogP contribution in [0.3, 0.4) is 0 Å². The summed E-state index contributed by atoms with van der Waals surface area (Å²) in [6.07, 6.45) is 2.79. The molecule has 6 heteroatoms. The molecule has 0 amide bonds. The van der Waals surface area contributed by atoms with Crippen molar-refractivity contribution in [3.8, 4) is 0 Å². The summed E-state index contributed by atoms with van der Waals surface area (Å²) in [6.45, 7) is 6.49. The number of aromatic carboxylic acids is 1. The molecule has 1 aliphatic rings. The number of ether oxygens (including phenoxy) is 1. The van der Waals surface area contributed by atoms with E-state index in [1.54, 1.807) is 0 Å². The fourth-order valence-electron chi connectivity index (χ4n) is 2.20. The van der Waals surface area contributed by atoms with Crippen LogP contribution in [-0.2, 0) is 11.2 Å². The summed E-state index contributed by atoms with van der Waals surface area (Å²) < 4.78 is 5.73. The van der Waals surface area contributed by atoms with Crippen LogP contribution in [0.2, 0.25) is 0 Å². The molecule has 0 bridgehead atoms. The monoisotopic (exact) mass is 284 g/mol. The Bertz CT molecular complexity index is 447.